The van der Waals surface area contributed by atoms with Crippen LogP contribution in [0.5, 0.6) is 5.75 Å². The first-order valence-electron chi connectivity index (χ1n) is 8.01. The van der Waals surface area contributed by atoms with Crippen LogP contribution in [0.3, 0.4) is 0 Å². The molecule has 2 N–H and O–H groups in total. The number of fused-ring (bicyclic) bond motifs is 2. The van der Waals surface area contributed by atoms with E-state index in [4.69, 9.17) is 15.6 Å². The van der Waals surface area contributed by atoms with Gasteiger partial charge in [0.05, 0.1) is 22.7 Å². The number of hydrogen-bond acceptors (Lipinski definition) is 5. The molecule has 4 rings (SSSR count). The first kappa shape index (κ1) is 15.9. The molecule has 2 heterocycles. The van der Waals surface area contributed by atoms with Crippen molar-refractivity contribution in [3.63, 3.8) is 0 Å². The monoisotopic (exact) mass is 353 g/mol. The molecule has 1 aliphatic rings. The van der Waals surface area contributed by atoms with Crippen molar-refractivity contribution in [2.45, 2.75) is 18.3 Å². The van der Waals surface area contributed by atoms with E-state index >= 15 is 0 Å². The number of ether oxygens (including phenoxy) is 1. The Morgan fingerprint density at radius 2 is 2.04 bits per heavy atom. The van der Waals surface area contributed by atoms with E-state index in [0.29, 0.717) is 17.7 Å². The van der Waals surface area contributed by atoms with Crippen LogP contribution in [0.1, 0.15) is 28.0 Å². The lowest BCUT2D eigenvalue weighted by Crippen LogP contribution is -2.18. The van der Waals surface area contributed by atoms with Crippen molar-refractivity contribution in [2.75, 3.05) is 6.61 Å². The van der Waals surface area contributed by atoms with E-state index in [2.05, 4.69) is 11.1 Å². The highest BCUT2D eigenvalue weighted by Gasteiger charge is 2.24. The molecule has 0 aliphatic carbocycles. The maximum atomic E-state index is 14.3. The fraction of sp³-hybridized carbons (Fsp3) is 0.211. The van der Waals surface area contributed by atoms with Crippen LogP contribution in [-0.2, 0) is 6.42 Å². The second kappa shape index (κ2) is 6.37. The lowest BCUT2D eigenvalue weighted by Gasteiger charge is -2.23. The lowest BCUT2D eigenvalue weighted by atomic mass is 9.97. The van der Waals surface area contributed by atoms with E-state index in [1.165, 1.54) is 17.4 Å². The van der Waals surface area contributed by atoms with Gasteiger partial charge in [-0.2, -0.15) is 0 Å². The van der Waals surface area contributed by atoms with Gasteiger partial charge in [-0.05, 0) is 24.1 Å². The van der Waals surface area contributed by atoms with Gasteiger partial charge in [0.1, 0.15) is 16.6 Å². The summed E-state index contributed by atoms with van der Waals surface area (Å²) in [4.78, 5) is 4.61. The fourth-order valence-corrected chi connectivity index (χ4v) is 4.21. The molecule has 1 unspecified atom stereocenters. The van der Waals surface area contributed by atoms with Gasteiger partial charge in [0, 0.05) is 30.0 Å². The van der Waals surface area contributed by atoms with Crippen molar-refractivity contribution in [3.8, 4) is 5.75 Å². The number of nitrogens with one attached hydrogen (secondary N) is 2. The van der Waals surface area contributed by atoms with Crippen LogP contribution in [0.4, 0.5) is 4.39 Å². The van der Waals surface area contributed by atoms with Gasteiger partial charge in [-0.25, -0.2) is 9.37 Å². The Morgan fingerprint density at radius 1 is 1.24 bits per heavy atom. The standard InChI is InChI=1S/C19H16FN3OS/c20-15-7-16-18(6-14(15)13(8-21)9-22)25-19(23-16)12-5-11-3-1-2-4-17(11)24-10-12/h1-4,6-9,12-13,21-22H,5,10H2. The smallest absolute Gasteiger partial charge is 0.129 e. The Hall–Kier alpha value is -2.60. The number of halogens is 1. The minimum absolute atomic E-state index is 0.153. The van der Waals surface area contributed by atoms with E-state index in [9.17, 15) is 4.39 Å². The van der Waals surface area contributed by atoms with Crippen molar-refractivity contribution >= 4 is 34.0 Å². The van der Waals surface area contributed by atoms with Crippen molar-refractivity contribution in [2.24, 2.45) is 0 Å². The highest BCUT2D eigenvalue weighted by atomic mass is 32.1. The average Bonchev–Trinajstić information content (AvgIpc) is 3.05. The van der Waals surface area contributed by atoms with Crippen LogP contribution >= 0.6 is 11.3 Å². The Labute approximate surface area is 148 Å². The predicted molar refractivity (Wildman–Crippen MR) is 98.3 cm³/mol. The van der Waals surface area contributed by atoms with Gasteiger partial charge in [-0.3, -0.25) is 0 Å². The van der Waals surface area contributed by atoms with E-state index < -0.39 is 11.7 Å². The molecule has 4 nitrogen and oxygen atoms in total. The molecule has 126 valence electrons. The number of thiazole rings is 1. The molecule has 0 radical (unpaired) electrons. The summed E-state index contributed by atoms with van der Waals surface area (Å²) in [6, 6.07) is 11.1. The quantitative estimate of drug-likeness (QED) is 0.676. The maximum absolute atomic E-state index is 14.3. The van der Waals surface area contributed by atoms with E-state index in [-0.39, 0.29) is 5.92 Å². The zero-order chi connectivity index (χ0) is 17.4. The second-order valence-corrected chi connectivity index (χ2v) is 7.13. The number of nitrogens with zero attached hydrogens (tertiary/aromatic N) is 1. The molecule has 0 bridgehead atoms. The Bertz CT molecular complexity index is 960. The molecule has 0 fully saturated rings. The molecular weight excluding hydrogens is 337 g/mol. The van der Waals surface area contributed by atoms with Crippen LogP contribution in [0.15, 0.2) is 36.4 Å². The molecule has 1 aromatic heterocycles. The van der Waals surface area contributed by atoms with Crippen molar-refractivity contribution in [1.82, 2.24) is 4.98 Å². The summed E-state index contributed by atoms with van der Waals surface area (Å²) in [5.41, 5.74) is 2.13. The molecule has 1 aliphatic heterocycles. The number of hydrogen-bond donors (Lipinski definition) is 2. The van der Waals surface area contributed by atoms with Gasteiger partial charge in [-0.1, -0.05) is 18.2 Å². The molecule has 3 aromatic rings. The minimum atomic E-state index is -0.639. The van der Waals surface area contributed by atoms with E-state index in [1.54, 1.807) is 6.07 Å². The third kappa shape index (κ3) is 2.82. The molecule has 1 atom stereocenters. The molecule has 0 saturated carbocycles. The Kier molecular flexibility index (Phi) is 4.05. The van der Waals surface area contributed by atoms with Gasteiger partial charge in [0.25, 0.3) is 0 Å². The Morgan fingerprint density at radius 3 is 2.84 bits per heavy atom. The van der Waals surface area contributed by atoms with Crippen LogP contribution in [0, 0.1) is 16.6 Å². The summed E-state index contributed by atoms with van der Waals surface area (Å²) in [6.07, 6.45) is 3.01. The fourth-order valence-electron chi connectivity index (χ4n) is 3.13. The molecular formula is C19H16FN3OS. The van der Waals surface area contributed by atoms with Crippen LogP contribution < -0.4 is 4.74 Å². The maximum Gasteiger partial charge on any atom is 0.129 e. The van der Waals surface area contributed by atoms with Gasteiger partial charge in [0.15, 0.2) is 0 Å². The largest absolute Gasteiger partial charge is 0.493 e. The summed E-state index contributed by atoms with van der Waals surface area (Å²) in [5, 5.41) is 15.7. The topological polar surface area (TPSA) is 69.8 Å². The van der Waals surface area contributed by atoms with Gasteiger partial charge >= 0.3 is 0 Å². The SMILES string of the molecule is N=CC(C=N)c1cc2sc(C3COc4ccccc4C3)nc2cc1F. The predicted octanol–water partition coefficient (Wildman–Crippen LogP) is 4.54. The molecule has 0 spiro atoms. The average molecular weight is 353 g/mol. The second-order valence-electron chi connectivity index (χ2n) is 6.07. The highest BCUT2D eigenvalue weighted by Crippen LogP contribution is 2.36. The number of para-hydroxylation sites is 1. The minimum Gasteiger partial charge on any atom is -0.493 e. The van der Waals surface area contributed by atoms with Crippen molar-refractivity contribution < 1.29 is 9.13 Å². The van der Waals surface area contributed by atoms with Crippen molar-refractivity contribution in [1.29, 1.82) is 10.8 Å². The first-order valence-corrected chi connectivity index (χ1v) is 8.83. The zero-order valence-electron chi connectivity index (χ0n) is 13.3. The van der Waals surface area contributed by atoms with Crippen LogP contribution in [0.2, 0.25) is 0 Å². The Balaban J connectivity index is 1.70. The number of rotatable bonds is 4. The summed E-state index contributed by atoms with van der Waals surface area (Å²) in [5.74, 6) is 0.0134. The van der Waals surface area contributed by atoms with Crippen molar-refractivity contribution in [3.05, 3.63) is 58.3 Å². The van der Waals surface area contributed by atoms with Crippen LogP contribution in [0.25, 0.3) is 10.2 Å². The third-order valence-electron chi connectivity index (χ3n) is 4.47. The molecule has 0 saturated heterocycles. The summed E-state index contributed by atoms with van der Waals surface area (Å²) in [6.45, 7) is 0.565. The van der Waals surface area contributed by atoms with E-state index in [0.717, 1.165) is 39.9 Å². The summed E-state index contributed by atoms with van der Waals surface area (Å²) in [7, 11) is 0. The summed E-state index contributed by atoms with van der Waals surface area (Å²) < 4.78 is 21.0. The first-order chi connectivity index (χ1) is 12.2. The normalized spacial score (nSPS) is 17.6. The van der Waals surface area contributed by atoms with Gasteiger partial charge in [0.2, 0.25) is 0 Å². The number of aromatic nitrogens is 1. The summed E-state index contributed by atoms with van der Waals surface area (Å²) >= 11 is 1.53. The third-order valence-corrected chi connectivity index (χ3v) is 5.65. The van der Waals surface area contributed by atoms with Gasteiger partial charge < -0.3 is 15.6 Å². The zero-order valence-corrected chi connectivity index (χ0v) is 14.1. The molecule has 6 heteroatoms. The van der Waals surface area contributed by atoms with Gasteiger partial charge in [-0.15, -0.1) is 11.3 Å². The van der Waals surface area contributed by atoms with Crippen LogP contribution in [-0.4, -0.2) is 24.0 Å². The highest BCUT2D eigenvalue weighted by molar-refractivity contribution is 7.18. The molecule has 25 heavy (non-hydrogen) atoms. The lowest BCUT2D eigenvalue weighted by molar-refractivity contribution is 0.262. The molecule has 2 aromatic carbocycles. The van der Waals surface area contributed by atoms with E-state index in [1.807, 2.05) is 18.2 Å². The molecule has 0 amide bonds. The number of benzene rings is 2.